The van der Waals surface area contributed by atoms with Crippen LogP contribution in [0.25, 0.3) is 21.5 Å². The number of rotatable bonds is 24. The van der Waals surface area contributed by atoms with E-state index in [1.54, 1.807) is 91.9 Å². The molecular formula is C61H57N5O8. The second-order valence-electron chi connectivity index (χ2n) is 17.4. The molecule has 8 aromatic rings. The van der Waals surface area contributed by atoms with Crippen LogP contribution in [0.15, 0.2) is 202 Å². The highest BCUT2D eigenvalue weighted by Gasteiger charge is 2.13. The average Bonchev–Trinajstić information content (AvgIpc) is 3.43. The van der Waals surface area contributed by atoms with Gasteiger partial charge in [0.15, 0.2) is 0 Å². The Kier molecular flexibility index (Phi) is 18.0. The van der Waals surface area contributed by atoms with E-state index in [4.69, 9.17) is 33.9 Å². The Labute approximate surface area is 430 Å². The summed E-state index contributed by atoms with van der Waals surface area (Å²) in [7, 11) is 0. The van der Waals surface area contributed by atoms with Crippen molar-refractivity contribution in [3.05, 3.63) is 199 Å². The minimum absolute atomic E-state index is 0.354. The van der Waals surface area contributed by atoms with E-state index in [-0.39, 0.29) is 5.97 Å². The fourth-order valence-electron chi connectivity index (χ4n) is 7.72. The first kappa shape index (κ1) is 51.4. The molecule has 0 saturated heterocycles. The fourth-order valence-corrected chi connectivity index (χ4v) is 7.72. The van der Waals surface area contributed by atoms with Crippen LogP contribution in [0, 0.1) is 0 Å². The molecule has 0 amide bonds. The summed E-state index contributed by atoms with van der Waals surface area (Å²) in [6.45, 7) is 9.45. The summed E-state index contributed by atoms with van der Waals surface area (Å²) in [5, 5.41) is 25.7. The number of nitrogens with zero attached hydrogens (tertiary/aromatic N) is 4. The lowest BCUT2D eigenvalue weighted by molar-refractivity contribution is -0.139. The summed E-state index contributed by atoms with van der Waals surface area (Å²) in [6.07, 6.45) is 5.57. The monoisotopic (exact) mass is 987 g/mol. The number of esters is 3. The molecule has 0 fully saturated rings. The van der Waals surface area contributed by atoms with Gasteiger partial charge in [0.25, 0.3) is 0 Å². The van der Waals surface area contributed by atoms with Gasteiger partial charge in [-0.05, 0) is 154 Å². The van der Waals surface area contributed by atoms with Crippen LogP contribution in [-0.2, 0) is 16.1 Å². The van der Waals surface area contributed by atoms with E-state index >= 15 is 0 Å². The van der Waals surface area contributed by atoms with Crippen LogP contribution in [0.2, 0.25) is 0 Å². The molecule has 0 unspecified atom stereocenters. The Balaban J connectivity index is 0.826. The predicted molar refractivity (Wildman–Crippen MR) is 289 cm³/mol. The van der Waals surface area contributed by atoms with Crippen molar-refractivity contribution in [1.29, 1.82) is 0 Å². The van der Waals surface area contributed by atoms with Crippen molar-refractivity contribution in [2.45, 2.75) is 58.9 Å². The summed E-state index contributed by atoms with van der Waals surface area (Å²) in [5.74, 6) is 0.993. The minimum Gasteiger partial charge on any atom is -0.494 e. The Morgan fingerprint density at radius 2 is 0.919 bits per heavy atom. The van der Waals surface area contributed by atoms with E-state index in [0.29, 0.717) is 83.1 Å². The third-order valence-electron chi connectivity index (χ3n) is 11.8. The van der Waals surface area contributed by atoms with Gasteiger partial charge in [0.05, 0.1) is 53.7 Å². The summed E-state index contributed by atoms with van der Waals surface area (Å²) in [6, 6.07) is 51.7. The maximum Gasteiger partial charge on any atom is 0.343 e. The number of azo groups is 2. The molecule has 374 valence electrons. The molecule has 0 atom stereocenters. The Morgan fingerprint density at radius 1 is 0.473 bits per heavy atom. The normalized spacial score (nSPS) is 11.2. The molecule has 13 heteroatoms. The van der Waals surface area contributed by atoms with Crippen molar-refractivity contribution in [2.75, 3.05) is 25.1 Å². The standard InChI is InChI=1S/C61H57N5O8/c1-4-5-38-70-48-30-32-50(33-31-48)74-60(68)44-20-24-46(25-21-44)63-64-56-36-37-58(54-17-11-10-16-53(54)56)66-65-57-35-34-55(51-14-8-9-15-52(51)57)62-41-43-18-26-49(27-19-43)73-61(69)45-22-28-47(29-23-45)71-39-12-6-7-13-40-72-59(67)42(2)3/h8-11,14-37,62H,2,4-7,12-13,38-41H2,1,3H3. The molecule has 0 aliphatic heterocycles. The zero-order valence-electron chi connectivity index (χ0n) is 41.5. The van der Waals surface area contributed by atoms with Crippen molar-refractivity contribution in [2.24, 2.45) is 20.5 Å². The first-order valence-corrected chi connectivity index (χ1v) is 24.7. The minimum atomic E-state index is -0.475. The predicted octanol–water partition coefficient (Wildman–Crippen LogP) is 16.1. The zero-order valence-corrected chi connectivity index (χ0v) is 41.5. The van der Waals surface area contributed by atoms with Gasteiger partial charge >= 0.3 is 17.9 Å². The lowest BCUT2D eigenvalue weighted by Gasteiger charge is -2.12. The number of nitrogens with one attached hydrogen (secondary N) is 1. The number of carbonyl (C=O) groups is 3. The van der Waals surface area contributed by atoms with Gasteiger partial charge in [0, 0.05) is 39.4 Å². The number of hydrogen-bond acceptors (Lipinski definition) is 13. The second kappa shape index (κ2) is 25.9. The topological polar surface area (TPSA) is 159 Å². The van der Waals surface area contributed by atoms with Crippen molar-refractivity contribution >= 4 is 67.9 Å². The molecule has 0 aliphatic carbocycles. The van der Waals surface area contributed by atoms with Gasteiger partial charge in [0.2, 0.25) is 0 Å². The van der Waals surface area contributed by atoms with E-state index < -0.39 is 11.9 Å². The Morgan fingerprint density at radius 3 is 1.47 bits per heavy atom. The molecule has 8 rings (SSSR count). The lowest BCUT2D eigenvalue weighted by Crippen LogP contribution is -2.08. The summed E-state index contributed by atoms with van der Waals surface area (Å²) < 4.78 is 27.9. The highest BCUT2D eigenvalue weighted by Crippen LogP contribution is 2.37. The molecule has 8 aromatic carbocycles. The van der Waals surface area contributed by atoms with Crippen molar-refractivity contribution in [3.8, 4) is 23.0 Å². The highest BCUT2D eigenvalue weighted by molar-refractivity contribution is 6.02. The summed E-state index contributed by atoms with van der Waals surface area (Å²) in [4.78, 5) is 37.2. The van der Waals surface area contributed by atoms with Crippen molar-refractivity contribution in [3.63, 3.8) is 0 Å². The molecule has 0 aliphatic rings. The number of anilines is 1. The molecular weight excluding hydrogens is 931 g/mol. The van der Waals surface area contributed by atoms with Gasteiger partial charge < -0.3 is 29.0 Å². The van der Waals surface area contributed by atoms with Crippen molar-refractivity contribution < 1.29 is 38.1 Å². The average molecular weight is 988 g/mol. The van der Waals surface area contributed by atoms with Crippen LogP contribution in [0.3, 0.4) is 0 Å². The third kappa shape index (κ3) is 14.3. The number of unbranched alkanes of at least 4 members (excludes halogenated alkanes) is 4. The first-order valence-electron chi connectivity index (χ1n) is 24.7. The van der Waals surface area contributed by atoms with E-state index in [2.05, 4.69) is 35.1 Å². The van der Waals surface area contributed by atoms with Crippen LogP contribution in [0.5, 0.6) is 23.0 Å². The van der Waals surface area contributed by atoms with Crippen LogP contribution in [0.4, 0.5) is 28.4 Å². The van der Waals surface area contributed by atoms with Crippen LogP contribution in [-0.4, -0.2) is 37.7 Å². The van der Waals surface area contributed by atoms with E-state index in [1.165, 1.54) is 0 Å². The number of carbonyl (C=O) groups excluding carboxylic acids is 3. The summed E-state index contributed by atoms with van der Waals surface area (Å²) >= 11 is 0. The molecule has 0 radical (unpaired) electrons. The van der Waals surface area contributed by atoms with Gasteiger partial charge in [-0.3, -0.25) is 0 Å². The number of hydrogen-bond donors (Lipinski definition) is 1. The van der Waals surface area contributed by atoms with Crippen molar-refractivity contribution in [1.82, 2.24) is 0 Å². The third-order valence-corrected chi connectivity index (χ3v) is 11.8. The van der Waals surface area contributed by atoms with E-state index in [0.717, 1.165) is 77.1 Å². The molecule has 13 nitrogen and oxygen atoms in total. The second-order valence-corrected chi connectivity index (χ2v) is 17.4. The molecule has 0 spiro atoms. The van der Waals surface area contributed by atoms with Gasteiger partial charge in [0.1, 0.15) is 23.0 Å². The van der Waals surface area contributed by atoms with Gasteiger partial charge in [-0.25, -0.2) is 14.4 Å². The van der Waals surface area contributed by atoms with Crippen LogP contribution >= 0.6 is 0 Å². The maximum atomic E-state index is 12.9. The number of benzene rings is 8. The van der Waals surface area contributed by atoms with E-state index in [1.807, 2.05) is 78.9 Å². The van der Waals surface area contributed by atoms with Gasteiger partial charge in [-0.15, -0.1) is 15.3 Å². The Bertz CT molecular complexity index is 3260. The first-order chi connectivity index (χ1) is 36.2. The lowest BCUT2D eigenvalue weighted by atomic mass is 10.1. The SMILES string of the molecule is C=C(C)C(=O)OCCCCCCOc1ccc(C(=O)Oc2ccc(CNc3ccc(N=Nc4ccc(N=Nc5ccc(C(=O)Oc6ccc(OCCCC)cc6)cc5)c5ccccc45)c4ccccc34)cc2)cc1. The molecule has 0 bridgehead atoms. The van der Waals surface area contributed by atoms with Crippen LogP contribution in [0.1, 0.15) is 78.7 Å². The maximum absolute atomic E-state index is 12.9. The molecule has 74 heavy (non-hydrogen) atoms. The fraction of sp³-hybridized carbons (Fsp3) is 0.197. The quantitative estimate of drug-likeness (QED) is 0.0204. The molecule has 0 saturated carbocycles. The molecule has 1 N–H and O–H groups in total. The Hall–Kier alpha value is -8.97. The van der Waals surface area contributed by atoms with Gasteiger partial charge in [-0.1, -0.05) is 80.6 Å². The molecule has 0 heterocycles. The zero-order chi connectivity index (χ0) is 51.5. The summed E-state index contributed by atoms with van der Waals surface area (Å²) in [5.41, 5.74) is 5.79. The highest BCUT2D eigenvalue weighted by atomic mass is 16.5. The smallest absolute Gasteiger partial charge is 0.343 e. The van der Waals surface area contributed by atoms with Crippen LogP contribution < -0.4 is 24.3 Å². The number of fused-ring (bicyclic) bond motifs is 2. The number of ether oxygens (including phenoxy) is 5. The largest absolute Gasteiger partial charge is 0.494 e. The van der Waals surface area contributed by atoms with Gasteiger partial charge in [-0.2, -0.15) is 5.11 Å². The van der Waals surface area contributed by atoms with E-state index in [9.17, 15) is 14.4 Å². The molecule has 0 aromatic heterocycles.